The maximum atomic E-state index is 11.7. The van der Waals surface area contributed by atoms with Gasteiger partial charge in [0.15, 0.2) is 16.4 Å². The van der Waals surface area contributed by atoms with Crippen LogP contribution in [0.1, 0.15) is 39.0 Å². The Hall–Kier alpha value is -0.120. The molecule has 1 heterocycles. The van der Waals surface area contributed by atoms with Crippen molar-refractivity contribution in [3.8, 4) is 0 Å². The third kappa shape index (κ3) is 1.30. The zero-order chi connectivity index (χ0) is 10.4. The molecule has 1 aliphatic carbocycles. The first-order chi connectivity index (χ1) is 6.48. The molecule has 2 fully saturated rings. The van der Waals surface area contributed by atoms with Crippen LogP contribution in [0.25, 0.3) is 0 Å². The number of carbonyl (C=O) groups excluding carboxylic acids is 1. The van der Waals surface area contributed by atoms with Crippen LogP contribution in [0.5, 0.6) is 0 Å². The summed E-state index contributed by atoms with van der Waals surface area (Å²) in [6.07, 6.45) is 2.83. The van der Waals surface area contributed by atoms with E-state index in [1.54, 1.807) is 0 Å². The van der Waals surface area contributed by atoms with E-state index in [1.807, 2.05) is 6.92 Å². The van der Waals surface area contributed by atoms with E-state index >= 15 is 0 Å². The van der Waals surface area contributed by atoms with Crippen molar-refractivity contribution >= 4 is 17.4 Å². The van der Waals surface area contributed by atoms with E-state index in [4.69, 9.17) is 16.3 Å². The number of fused-ring (bicyclic) bond motifs is 1. The normalized spacial score (nSPS) is 48.8. The van der Waals surface area contributed by atoms with Crippen LogP contribution < -0.4 is 0 Å². The van der Waals surface area contributed by atoms with E-state index < -0.39 is 10.7 Å². The molecule has 80 valence electrons. The van der Waals surface area contributed by atoms with E-state index in [0.717, 1.165) is 6.42 Å². The fraction of sp³-hybridized carbons (Fsp3) is 0.900. The minimum Gasteiger partial charge on any atom is -0.364 e. The molecule has 3 atom stereocenters. The molecule has 1 saturated carbocycles. The Labute approximate surface area is 88.4 Å². The predicted molar refractivity (Wildman–Crippen MR) is 52.2 cm³/mol. The molecule has 2 rings (SSSR count). The van der Waals surface area contributed by atoms with Gasteiger partial charge in [-0.05, 0) is 26.2 Å². The minimum absolute atomic E-state index is 0.0159. The lowest BCUT2D eigenvalue weighted by Crippen LogP contribution is -2.63. The van der Waals surface area contributed by atoms with Crippen LogP contribution in [-0.2, 0) is 9.53 Å². The van der Waals surface area contributed by atoms with Gasteiger partial charge in [-0.25, -0.2) is 0 Å². The topological polar surface area (TPSA) is 46.5 Å². The maximum absolute atomic E-state index is 11.7. The van der Waals surface area contributed by atoms with Crippen molar-refractivity contribution in [3.05, 3.63) is 0 Å². The summed E-state index contributed by atoms with van der Waals surface area (Å²) in [4.78, 5) is 10.5. The van der Waals surface area contributed by atoms with Crippen molar-refractivity contribution in [1.82, 2.24) is 0 Å². The summed E-state index contributed by atoms with van der Waals surface area (Å²) in [6.45, 7) is 1.90. The van der Waals surface area contributed by atoms with Crippen molar-refractivity contribution < 1.29 is 14.6 Å². The molecule has 1 N–H and O–H groups in total. The average molecular weight is 219 g/mol. The van der Waals surface area contributed by atoms with Crippen LogP contribution in [-0.4, -0.2) is 27.7 Å². The van der Waals surface area contributed by atoms with E-state index in [9.17, 15) is 9.90 Å². The molecule has 2 aliphatic rings. The lowest BCUT2D eigenvalue weighted by atomic mass is 9.76. The van der Waals surface area contributed by atoms with Gasteiger partial charge in [-0.3, -0.25) is 4.79 Å². The minimum atomic E-state index is -1.43. The highest BCUT2D eigenvalue weighted by Gasteiger charge is 2.59. The molecule has 0 aromatic heterocycles. The van der Waals surface area contributed by atoms with Crippen LogP contribution in [0.2, 0.25) is 0 Å². The Morgan fingerprint density at radius 2 is 2.29 bits per heavy atom. The summed E-state index contributed by atoms with van der Waals surface area (Å²) in [5.74, 6) is -1.50. The van der Waals surface area contributed by atoms with Gasteiger partial charge in [0.05, 0.1) is 6.10 Å². The number of rotatable bonds is 0. The zero-order valence-corrected chi connectivity index (χ0v) is 9.01. The first-order valence-corrected chi connectivity index (χ1v) is 5.48. The summed E-state index contributed by atoms with van der Waals surface area (Å²) in [6, 6.07) is 0. The summed E-state index contributed by atoms with van der Waals surface area (Å²) < 4.78 is 5.45. The first kappa shape index (κ1) is 10.4. The average Bonchev–Trinajstić information content (AvgIpc) is 2.10. The molecule has 14 heavy (non-hydrogen) atoms. The Balaban J connectivity index is 2.31. The number of hydrogen-bond acceptors (Lipinski definition) is 3. The van der Waals surface area contributed by atoms with Crippen LogP contribution in [0, 0.1) is 0 Å². The lowest BCUT2D eigenvalue weighted by molar-refractivity contribution is -0.273. The largest absolute Gasteiger partial charge is 0.364 e. The van der Waals surface area contributed by atoms with Gasteiger partial charge in [-0.15, -0.1) is 11.6 Å². The number of ketones is 1. The van der Waals surface area contributed by atoms with Gasteiger partial charge in [0, 0.05) is 12.8 Å². The highest BCUT2D eigenvalue weighted by Crippen LogP contribution is 2.47. The molecule has 0 amide bonds. The van der Waals surface area contributed by atoms with Gasteiger partial charge >= 0.3 is 0 Å². The van der Waals surface area contributed by atoms with Gasteiger partial charge in [0.25, 0.3) is 0 Å². The monoisotopic (exact) mass is 218 g/mol. The molecule has 1 saturated heterocycles. The molecule has 0 aromatic carbocycles. The molecule has 0 bridgehead atoms. The number of ether oxygens (including phenoxy) is 1. The fourth-order valence-electron chi connectivity index (χ4n) is 2.38. The van der Waals surface area contributed by atoms with Crippen LogP contribution >= 0.6 is 11.6 Å². The number of carbonyl (C=O) groups is 1. The second kappa shape index (κ2) is 3.19. The number of alkyl halides is 1. The number of Topliss-reactive ketones (excluding diaryl/α,β-unsaturated/α-hetero) is 1. The molecule has 1 aliphatic heterocycles. The third-order valence-electron chi connectivity index (χ3n) is 3.27. The predicted octanol–water partition coefficient (Wildman–Crippen LogP) is 1.60. The van der Waals surface area contributed by atoms with Gasteiger partial charge < -0.3 is 9.84 Å². The van der Waals surface area contributed by atoms with Crippen LogP contribution in [0.4, 0.5) is 0 Å². The maximum Gasteiger partial charge on any atom is 0.192 e. The van der Waals surface area contributed by atoms with Gasteiger partial charge in [0.1, 0.15) is 0 Å². The summed E-state index contributed by atoms with van der Waals surface area (Å²) in [5, 5.41) is 10.2. The number of halogens is 1. The van der Waals surface area contributed by atoms with Crippen molar-refractivity contribution in [1.29, 1.82) is 0 Å². The number of hydrogen-bond donors (Lipinski definition) is 1. The molecule has 0 aromatic rings. The van der Waals surface area contributed by atoms with Crippen molar-refractivity contribution in [2.24, 2.45) is 0 Å². The van der Waals surface area contributed by atoms with Crippen molar-refractivity contribution in [3.63, 3.8) is 0 Å². The highest BCUT2D eigenvalue weighted by atomic mass is 35.5. The summed E-state index contributed by atoms with van der Waals surface area (Å²) in [7, 11) is 0. The second-order valence-electron chi connectivity index (χ2n) is 4.33. The van der Waals surface area contributed by atoms with Crippen LogP contribution in [0.15, 0.2) is 0 Å². The SMILES string of the molecule is CC1CCC2(Cl)C(=O)CCCC2(O)O1. The zero-order valence-electron chi connectivity index (χ0n) is 8.25. The van der Waals surface area contributed by atoms with Gasteiger partial charge in [-0.2, -0.15) is 0 Å². The molecular weight excluding hydrogens is 204 g/mol. The molecule has 3 unspecified atom stereocenters. The Morgan fingerprint density at radius 1 is 1.57 bits per heavy atom. The smallest absolute Gasteiger partial charge is 0.192 e. The molecule has 0 spiro atoms. The molecule has 3 nitrogen and oxygen atoms in total. The molecule has 4 heteroatoms. The molecular formula is C10H15ClO3. The van der Waals surface area contributed by atoms with Crippen molar-refractivity contribution in [2.75, 3.05) is 0 Å². The summed E-state index contributed by atoms with van der Waals surface area (Å²) >= 11 is 6.21. The van der Waals surface area contributed by atoms with E-state index in [-0.39, 0.29) is 11.9 Å². The Morgan fingerprint density at radius 3 is 3.00 bits per heavy atom. The van der Waals surface area contributed by atoms with E-state index in [2.05, 4.69) is 0 Å². The van der Waals surface area contributed by atoms with Gasteiger partial charge in [0.2, 0.25) is 0 Å². The van der Waals surface area contributed by atoms with Gasteiger partial charge in [-0.1, -0.05) is 0 Å². The van der Waals surface area contributed by atoms with E-state index in [0.29, 0.717) is 25.7 Å². The Bertz CT molecular complexity index is 268. The molecule has 0 radical (unpaired) electrons. The summed E-state index contributed by atoms with van der Waals surface area (Å²) in [5.41, 5.74) is 0. The highest BCUT2D eigenvalue weighted by molar-refractivity contribution is 6.36. The van der Waals surface area contributed by atoms with Crippen molar-refractivity contribution in [2.45, 2.75) is 55.8 Å². The third-order valence-corrected chi connectivity index (χ3v) is 3.97. The Kier molecular flexibility index (Phi) is 2.37. The standard InChI is InChI=1S/C10H15ClO3/c1-7-4-6-9(11)8(12)3-2-5-10(9,13)14-7/h7,13H,2-6H2,1H3. The quantitative estimate of drug-likeness (QED) is 0.629. The fourth-order valence-corrected chi connectivity index (χ4v) is 2.73. The lowest BCUT2D eigenvalue weighted by Gasteiger charge is -2.49. The first-order valence-electron chi connectivity index (χ1n) is 5.10. The van der Waals surface area contributed by atoms with Crippen LogP contribution in [0.3, 0.4) is 0 Å². The van der Waals surface area contributed by atoms with E-state index in [1.165, 1.54) is 0 Å². The second-order valence-corrected chi connectivity index (χ2v) is 4.97. The number of aliphatic hydroxyl groups is 1.